The van der Waals surface area contributed by atoms with Gasteiger partial charge in [0.25, 0.3) is 5.91 Å². The van der Waals surface area contributed by atoms with Gasteiger partial charge in [0.15, 0.2) is 0 Å². The number of nitrogens with zero attached hydrogens (tertiary/aromatic N) is 1. The van der Waals surface area contributed by atoms with Gasteiger partial charge in [0, 0.05) is 5.69 Å². The van der Waals surface area contributed by atoms with E-state index in [9.17, 15) is 4.79 Å². The molecule has 0 radical (unpaired) electrons. The van der Waals surface area contributed by atoms with Crippen LogP contribution >= 0.6 is 0 Å². The van der Waals surface area contributed by atoms with Crippen LogP contribution in [-0.2, 0) is 0 Å². The summed E-state index contributed by atoms with van der Waals surface area (Å²) < 4.78 is 0. The molecular weight excluding hydrogens is 202 g/mol. The molecule has 1 aromatic carbocycles. The number of para-hydroxylation sites is 1. The number of piperazine rings is 1. The lowest BCUT2D eigenvalue weighted by Gasteiger charge is -2.30. The standard InChI is InChI=1S/C12H17N3O/c1-14-6-8-15(9-7-14)12(16)10-4-2-3-5-11(10)13/h2-5H,6-9,13H2,1H3/p+1. The van der Waals surface area contributed by atoms with Gasteiger partial charge in [-0.2, -0.15) is 0 Å². The minimum Gasteiger partial charge on any atom is -0.398 e. The summed E-state index contributed by atoms with van der Waals surface area (Å²) in [6.45, 7) is 3.66. The number of anilines is 1. The molecule has 1 aliphatic heterocycles. The number of hydrogen-bond donors (Lipinski definition) is 2. The van der Waals surface area contributed by atoms with Gasteiger partial charge in [-0.3, -0.25) is 4.79 Å². The second-order valence-electron chi connectivity index (χ2n) is 4.34. The van der Waals surface area contributed by atoms with Crippen LogP contribution in [0.25, 0.3) is 0 Å². The molecule has 0 atom stereocenters. The van der Waals surface area contributed by atoms with Gasteiger partial charge in [-0.15, -0.1) is 0 Å². The Morgan fingerprint density at radius 3 is 2.56 bits per heavy atom. The first-order chi connectivity index (χ1) is 7.68. The molecule has 0 saturated carbocycles. The van der Waals surface area contributed by atoms with E-state index in [1.165, 1.54) is 4.90 Å². The van der Waals surface area contributed by atoms with Crippen LogP contribution in [0.3, 0.4) is 0 Å². The van der Waals surface area contributed by atoms with Crippen LogP contribution in [0, 0.1) is 0 Å². The maximum atomic E-state index is 12.2. The summed E-state index contributed by atoms with van der Waals surface area (Å²) >= 11 is 0. The maximum absolute atomic E-state index is 12.2. The molecular formula is C12H18N3O+. The number of nitrogen functional groups attached to an aromatic ring is 1. The van der Waals surface area contributed by atoms with Gasteiger partial charge in [-0.1, -0.05) is 12.1 Å². The number of quaternary nitrogens is 1. The predicted octanol–water partition coefficient (Wildman–Crippen LogP) is -0.761. The fourth-order valence-electron chi connectivity index (χ4n) is 1.95. The number of rotatable bonds is 1. The quantitative estimate of drug-likeness (QED) is 0.611. The van der Waals surface area contributed by atoms with Crippen molar-refractivity contribution in [3.63, 3.8) is 0 Å². The van der Waals surface area contributed by atoms with Crippen molar-refractivity contribution in [3.8, 4) is 0 Å². The molecule has 1 aliphatic rings. The van der Waals surface area contributed by atoms with E-state index in [1.54, 1.807) is 12.1 Å². The predicted molar refractivity (Wildman–Crippen MR) is 63.4 cm³/mol. The van der Waals surface area contributed by atoms with Crippen molar-refractivity contribution >= 4 is 11.6 Å². The van der Waals surface area contributed by atoms with E-state index in [2.05, 4.69) is 7.05 Å². The number of amides is 1. The molecule has 1 heterocycles. The first-order valence-electron chi connectivity index (χ1n) is 5.63. The first-order valence-corrected chi connectivity index (χ1v) is 5.63. The number of likely N-dealkylation sites (N-methyl/N-ethyl adjacent to an activating group) is 1. The molecule has 0 aromatic heterocycles. The number of carbonyl (C=O) groups excluding carboxylic acids is 1. The van der Waals surface area contributed by atoms with Crippen LogP contribution < -0.4 is 10.6 Å². The Hall–Kier alpha value is -1.55. The Morgan fingerprint density at radius 2 is 1.94 bits per heavy atom. The number of benzene rings is 1. The van der Waals surface area contributed by atoms with Crippen molar-refractivity contribution in [2.75, 3.05) is 39.0 Å². The number of hydrogen-bond acceptors (Lipinski definition) is 2. The van der Waals surface area contributed by atoms with Crippen molar-refractivity contribution < 1.29 is 9.69 Å². The third kappa shape index (κ3) is 2.17. The molecule has 1 saturated heterocycles. The highest BCUT2D eigenvalue weighted by molar-refractivity contribution is 5.99. The third-order valence-corrected chi connectivity index (χ3v) is 3.10. The van der Waals surface area contributed by atoms with Gasteiger partial charge < -0.3 is 15.5 Å². The Bertz CT molecular complexity index is 384. The van der Waals surface area contributed by atoms with Gasteiger partial charge in [0.2, 0.25) is 0 Å². The lowest BCUT2D eigenvalue weighted by molar-refractivity contribution is -0.883. The molecule has 1 amide bonds. The molecule has 0 spiro atoms. The lowest BCUT2D eigenvalue weighted by Crippen LogP contribution is -3.12. The third-order valence-electron chi connectivity index (χ3n) is 3.10. The molecule has 0 bridgehead atoms. The summed E-state index contributed by atoms with van der Waals surface area (Å²) in [7, 11) is 2.15. The van der Waals surface area contributed by atoms with Crippen molar-refractivity contribution in [3.05, 3.63) is 29.8 Å². The van der Waals surface area contributed by atoms with E-state index in [0.717, 1.165) is 26.2 Å². The van der Waals surface area contributed by atoms with Crippen molar-refractivity contribution in [1.29, 1.82) is 0 Å². The molecule has 0 aliphatic carbocycles. The Morgan fingerprint density at radius 1 is 1.31 bits per heavy atom. The normalized spacial score (nSPS) is 17.4. The molecule has 86 valence electrons. The fourth-order valence-corrected chi connectivity index (χ4v) is 1.95. The summed E-state index contributed by atoms with van der Waals surface area (Å²) in [5.74, 6) is 0.0607. The van der Waals surface area contributed by atoms with Gasteiger partial charge in [-0.25, -0.2) is 0 Å². The minimum absolute atomic E-state index is 0.0607. The van der Waals surface area contributed by atoms with Crippen LogP contribution in [0.4, 0.5) is 5.69 Å². The van der Waals surface area contributed by atoms with Gasteiger partial charge in [0.1, 0.15) is 0 Å². The number of carbonyl (C=O) groups is 1. The van der Waals surface area contributed by atoms with E-state index in [0.29, 0.717) is 11.3 Å². The van der Waals surface area contributed by atoms with Crippen LogP contribution in [0.15, 0.2) is 24.3 Å². The maximum Gasteiger partial charge on any atom is 0.256 e. The Balaban J connectivity index is 2.11. The second kappa shape index (κ2) is 4.53. The van der Waals surface area contributed by atoms with Crippen LogP contribution in [-0.4, -0.2) is 44.0 Å². The van der Waals surface area contributed by atoms with Crippen LogP contribution in [0.2, 0.25) is 0 Å². The van der Waals surface area contributed by atoms with Gasteiger partial charge in [-0.05, 0) is 12.1 Å². The molecule has 0 unspecified atom stereocenters. The Labute approximate surface area is 95.6 Å². The summed E-state index contributed by atoms with van der Waals surface area (Å²) in [4.78, 5) is 15.5. The van der Waals surface area contributed by atoms with Gasteiger partial charge in [0.05, 0.1) is 38.8 Å². The zero-order valence-electron chi connectivity index (χ0n) is 9.57. The van der Waals surface area contributed by atoms with E-state index in [1.807, 2.05) is 17.0 Å². The summed E-state index contributed by atoms with van der Waals surface area (Å²) in [5, 5.41) is 0. The highest BCUT2D eigenvalue weighted by Gasteiger charge is 2.23. The smallest absolute Gasteiger partial charge is 0.256 e. The van der Waals surface area contributed by atoms with Gasteiger partial charge >= 0.3 is 0 Å². The number of nitrogens with one attached hydrogen (secondary N) is 1. The van der Waals surface area contributed by atoms with Crippen molar-refractivity contribution in [2.24, 2.45) is 0 Å². The van der Waals surface area contributed by atoms with E-state index < -0.39 is 0 Å². The summed E-state index contributed by atoms with van der Waals surface area (Å²) in [5.41, 5.74) is 7.00. The number of nitrogens with two attached hydrogens (primary N) is 1. The average Bonchev–Trinajstić information content (AvgIpc) is 2.30. The molecule has 3 N–H and O–H groups in total. The highest BCUT2D eigenvalue weighted by Crippen LogP contribution is 2.13. The average molecular weight is 220 g/mol. The second-order valence-corrected chi connectivity index (χ2v) is 4.34. The topological polar surface area (TPSA) is 50.8 Å². The molecule has 2 rings (SSSR count). The van der Waals surface area contributed by atoms with Crippen LogP contribution in [0.5, 0.6) is 0 Å². The molecule has 4 heteroatoms. The SMILES string of the molecule is C[NH+]1CCN(C(=O)c2ccccc2N)CC1. The minimum atomic E-state index is 0.0607. The monoisotopic (exact) mass is 220 g/mol. The van der Waals surface area contributed by atoms with Crippen molar-refractivity contribution in [2.45, 2.75) is 0 Å². The van der Waals surface area contributed by atoms with Crippen LogP contribution in [0.1, 0.15) is 10.4 Å². The first kappa shape index (κ1) is 11.0. The molecule has 1 aromatic rings. The summed E-state index contributed by atoms with van der Waals surface area (Å²) in [6, 6.07) is 7.27. The molecule has 1 fully saturated rings. The van der Waals surface area contributed by atoms with Crippen molar-refractivity contribution in [1.82, 2.24) is 4.90 Å². The summed E-state index contributed by atoms with van der Waals surface area (Å²) in [6.07, 6.45) is 0. The van der Waals surface area contributed by atoms with E-state index in [4.69, 9.17) is 5.73 Å². The fraction of sp³-hybridized carbons (Fsp3) is 0.417. The zero-order valence-corrected chi connectivity index (χ0v) is 9.57. The lowest BCUT2D eigenvalue weighted by atomic mass is 10.1. The molecule has 16 heavy (non-hydrogen) atoms. The van der Waals surface area contributed by atoms with E-state index >= 15 is 0 Å². The zero-order chi connectivity index (χ0) is 11.5. The largest absolute Gasteiger partial charge is 0.398 e. The van der Waals surface area contributed by atoms with E-state index in [-0.39, 0.29) is 5.91 Å². The Kier molecular flexibility index (Phi) is 3.10. The highest BCUT2D eigenvalue weighted by atomic mass is 16.2. The molecule has 4 nitrogen and oxygen atoms in total.